The summed E-state index contributed by atoms with van der Waals surface area (Å²) < 4.78 is 0. The lowest BCUT2D eigenvalue weighted by atomic mass is 10.1. The molecule has 0 saturated carbocycles. The van der Waals surface area contributed by atoms with Crippen molar-refractivity contribution < 1.29 is 9.72 Å². The van der Waals surface area contributed by atoms with E-state index in [0.717, 1.165) is 5.56 Å². The van der Waals surface area contributed by atoms with E-state index in [4.69, 9.17) is 23.8 Å². The van der Waals surface area contributed by atoms with Crippen LogP contribution in [0.4, 0.5) is 11.4 Å². The minimum atomic E-state index is -0.543. The van der Waals surface area contributed by atoms with Crippen molar-refractivity contribution in [1.82, 2.24) is 5.32 Å². The van der Waals surface area contributed by atoms with Crippen LogP contribution in [0.25, 0.3) is 0 Å². The minimum Gasteiger partial charge on any atom is -0.331 e. The van der Waals surface area contributed by atoms with E-state index in [1.54, 1.807) is 0 Å². The molecule has 0 aromatic heterocycles. The maximum absolute atomic E-state index is 11.9. The third-order valence-electron chi connectivity index (χ3n) is 2.87. The molecular formula is C15H12ClN3O3S. The molecule has 2 aromatic carbocycles. The second kappa shape index (κ2) is 7.66. The molecule has 1 amide bonds. The summed E-state index contributed by atoms with van der Waals surface area (Å²) in [4.78, 5) is 22.1. The lowest BCUT2D eigenvalue weighted by Gasteiger charge is -2.10. The molecule has 0 heterocycles. The lowest BCUT2D eigenvalue weighted by Crippen LogP contribution is -2.35. The van der Waals surface area contributed by atoms with Gasteiger partial charge in [-0.3, -0.25) is 14.9 Å². The van der Waals surface area contributed by atoms with Gasteiger partial charge in [-0.25, -0.2) is 0 Å². The fourth-order valence-corrected chi connectivity index (χ4v) is 2.22. The molecule has 2 rings (SSSR count). The number of hydrogen-bond donors (Lipinski definition) is 2. The number of thiocarbonyl (C=S) groups is 1. The molecule has 2 aromatic rings. The summed E-state index contributed by atoms with van der Waals surface area (Å²) in [5.41, 5.74) is 0.974. The molecule has 8 heteroatoms. The Morgan fingerprint density at radius 3 is 2.57 bits per heavy atom. The molecule has 118 valence electrons. The zero-order valence-electron chi connectivity index (χ0n) is 11.8. The average molecular weight is 350 g/mol. The van der Waals surface area contributed by atoms with E-state index in [0.29, 0.717) is 0 Å². The zero-order valence-corrected chi connectivity index (χ0v) is 13.4. The Hall–Kier alpha value is -2.51. The first-order valence-electron chi connectivity index (χ1n) is 6.54. The number of benzene rings is 2. The first kappa shape index (κ1) is 16.9. The molecule has 0 fully saturated rings. The van der Waals surface area contributed by atoms with Gasteiger partial charge in [-0.15, -0.1) is 0 Å². The summed E-state index contributed by atoms with van der Waals surface area (Å²) in [7, 11) is 0. The number of nitrogens with zero attached hydrogens (tertiary/aromatic N) is 1. The summed E-state index contributed by atoms with van der Waals surface area (Å²) in [5.74, 6) is -0.296. The Kier molecular flexibility index (Phi) is 5.61. The third-order valence-corrected chi connectivity index (χ3v) is 3.40. The van der Waals surface area contributed by atoms with Gasteiger partial charge >= 0.3 is 0 Å². The molecule has 0 aliphatic heterocycles. The average Bonchev–Trinajstić information content (AvgIpc) is 2.50. The molecule has 0 atom stereocenters. The topological polar surface area (TPSA) is 84.3 Å². The number of non-ortho nitro benzene ring substituents is 1. The van der Waals surface area contributed by atoms with Gasteiger partial charge < -0.3 is 10.6 Å². The van der Waals surface area contributed by atoms with Crippen molar-refractivity contribution in [1.29, 1.82) is 0 Å². The van der Waals surface area contributed by atoms with Crippen molar-refractivity contribution in [2.45, 2.75) is 6.42 Å². The van der Waals surface area contributed by atoms with Crippen LogP contribution in [0.15, 0.2) is 48.5 Å². The molecule has 23 heavy (non-hydrogen) atoms. The molecule has 0 saturated heterocycles. The van der Waals surface area contributed by atoms with E-state index in [9.17, 15) is 14.9 Å². The minimum absolute atomic E-state index is 0.0216. The van der Waals surface area contributed by atoms with E-state index in [1.807, 2.05) is 30.3 Å². The summed E-state index contributed by atoms with van der Waals surface area (Å²) in [6.07, 6.45) is 0.172. The molecule has 0 unspecified atom stereocenters. The number of rotatable bonds is 4. The second-order valence-corrected chi connectivity index (χ2v) is 5.40. The van der Waals surface area contributed by atoms with Crippen molar-refractivity contribution in [3.8, 4) is 0 Å². The fourth-order valence-electron chi connectivity index (χ4n) is 1.83. The number of halogens is 1. The van der Waals surface area contributed by atoms with Crippen molar-refractivity contribution in [3.63, 3.8) is 0 Å². The van der Waals surface area contributed by atoms with Gasteiger partial charge in [0.25, 0.3) is 5.69 Å². The molecule has 6 nitrogen and oxygen atoms in total. The van der Waals surface area contributed by atoms with Crippen LogP contribution >= 0.6 is 23.8 Å². The number of nitro groups is 1. The number of nitrogens with one attached hydrogen (secondary N) is 2. The monoisotopic (exact) mass is 349 g/mol. The highest BCUT2D eigenvalue weighted by atomic mass is 35.5. The van der Waals surface area contributed by atoms with Crippen LogP contribution in [-0.4, -0.2) is 15.9 Å². The van der Waals surface area contributed by atoms with Crippen molar-refractivity contribution in [3.05, 3.63) is 69.2 Å². The van der Waals surface area contributed by atoms with Crippen LogP contribution in [0.5, 0.6) is 0 Å². The van der Waals surface area contributed by atoms with Crippen molar-refractivity contribution >= 4 is 46.2 Å². The van der Waals surface area contributed by atoms with Gasteiger partial charge in [0.2, 0.25) is 5.91 Å². The van der Waals surface area contributed by atoms with Gasteiger partial charge in [-0.1, -0.05) is 41.9 Å². The van der Waals surface area contributed by atoms with Gasteiger partial charge in [0.05, 0.1) is 22.1 Å². The van der Waals surface area contributed by atoms with Crippen molar-refractivity contribution in [2.75, 3.05) is 5.32 Å². The zero-order chi connectivity index (χ0) is 16.8. The highest BCUT2D eigenvalue weighted by molar-refractivity contribution is 7.80. The number of hydrogen-bond acceptors (Lipinski definition) is 4. The Labute approximate surface area is 142 Å². The van der Waals surface area contributed by atoms with E-state index < -0.39 is 4.92 Å². The summed E-state index contributed by atoms with van der Waals surface area (Å²) in [5, 5.41) is 16.2. The maximum atomic E-state index is 11.9. The summed E-state index contributed by atoms with van der Waals surface area (Å²) in [6.45, 7) is 0. The lowest BCUT2D eigenvalue weighted by molar-refractivity contribution is -0.384. The van der Waals surface area contributed by atoms with Crippen LogP contribution in [0.2, 0.25) is 5.02 Å². The van der Waals surface area contributed by atoms with E-state index >= 15 is 0 Å². The predicted molar refractivity (Wildman–Crippen MR) is 92.6 cm³/mol. The number of carbonyl (C=O) groups is 1. The molecule has 0 aliphatic rings. The van der Waals surface area contributed by atoms with Crippen LogP contribution in [-0.2, 0) is 11.2 Å². The Balaban J connectivity index is 1.98. The van der Waals surface area contributed by atoms with E-state index in [1.165, 1.54) is 18.2 Å². The third kappa shape index (κ3) is 5.01. The van der Waals surface area contributed by atoms with Crippen molar-refractivity contribution in [2.24, 2.45) is 0 Å². The molecule has 0 bridgehead atoms. The summed E-state index contributed by atoms with van der Waals surface area (Å²) in [6, 6.07) is 13.1. The fraction of sp³-hybridized carbons (Fsp3) is 0.0667. The molecule has 0 radical (unpaired) electrons. The molecule has 0 aliphatic carbocycles. The van der Waals surface area contributed by atoms with Gasteiger partial charge in [0, 0.05) is 12.1 Å². The highest BCUT2D eigenvalue weighted by Gasteiger charge is 2.12. The quantitative estimate of drug-likeness (QED) is 0.502. The Morgan fingerprint density at radius 1 is 1.22 bits per heavy atom. The SMILES string of the molecule is O=C(Cc1ccccc1)NC(=S)Nc1cc([N+](=O)[O-])ccc1Cl. The molecule has 0 spiro atoms. The largest absolute Gasteiger partial charge is 0.331 e. The van der Waals surface area contributed by atoms with E-state index in [2.05, 4.69) is 10.6 Å². The van der Waals surface area contributed by atoms with Crippen LogP contribution in [0.3, 0.4) is 0 Å². The van der Waals surface area contributed by atoms with E-state index in [-0.39, 0.29) is 33.8 Å². The Bertz CT molecular complexity index is 753. The van der Waals surface area contributed by atoms with Gasteiger partial charge in [0.1, 0.15) is 0 Å². The highest BCUT2D eigenvalue weighted by Crippen LogP contribution is 2.26. The van der Waals surface area contributed by atoms with Crippen LogP contribution < -0.4 is 10.6 Å². The molecule has 2 N–H and O–H groups in total. The maximum Gasteiger partial charge on any atom is 0.271 e. The van der Waals surface area contributed by atoms with Gasteiger partial charge in [-0.05, 0) is 23.8 Å². The smallest absolute Gasteiger partial charge is 0.271 e. The van der Waals surface area contributed by atoms with Crippen LogP contribution in [0.1, 0.15) is 5.56 Å². The number of nitro benzene ring substituents is 1. The first-order chi connectivity index (χ1) is 11.0. The standard InChI is InChI=1S/C15H12ClN3O3S/c16-12-7-6-11(19(21)22)9-13(12)17-15(23)18-14(20)8-10-4-2-1-3-5-10/h1-7,9H,8H2,(H2,17,18,20,23). The second-order valence-electron chi connectivity index (χ2n) is 4.59. The number of carbonyl (C=O) groups excluding carboxylic acids is 1. The van der Waals surface area contributed by atoms with Gasteiger partial charge in [-0.2, -0.15) is 0 Å². The Morgan fingerprint density at radius 2 is 1.91 bits per heavy atom. The van der Waals surface area contributed by atoms with Gasteiger partial charge in [0.15, 0.2) is 5.11 Å². The number of amides is 1. The first-order valence-corrected chi connectivity index (χ1v) is 7.33. The molecular weight excluding hydrogens is 338 g/mol. The normalized spacial score (nSPS) is 9.96. The summed E-state index contributed by atoms with van der Waals surface area (Å²) >= 11 is 11.0. The number of anilines is 1. The predicted octanol–water partition coefficient (Wildman–Crippen LogP) is 3.30. The van der Waals surface area contributed by atoms with Crippen LogP contribution in [0, 0.1) is 10.1 Å².